The molecule has 6 heteroatoms. The summed E-state index contributed by atoms with van der Waals surface area (Å²) in [5.41, 5.74) is 7.31. The Morgan fingerprint density at radius 3 is 2.16 bits per heavy atom. The second-order valence-corrected chi connectivity index (χ2v) is 3.84. The zero-order chi connectivity index (χ0) is 14.0. The number of benzene rings is 2. The molecule has 0 atom stereocenters. The fourth-order valence-corrected chi connectivity index (χ4v) is 1.65. The van der Waals surface area contributed by atoms with Crippen LogP contribution < -0.4 is 10.5 Å². The number of nitrogen functional groups attached to an aromatic ring is 1. The average molecular weight is 269 g/mol. The van der Waals surface area contributed by atoms with E-state index in [0.717, 1.165) is 0 Å². The molecule has 2 aromatic rings. The lowest BCUT2D eigenvalue weighted by atomic mass is 10.0. The van der Waals surface area contributed by atoms with Crippen LogP contribution in [-0.4, -0.2) is 11.5 Å². The van der Waals surface area contributed by atoms with Crippen LogP contribution in [0.15, 0.2) is 42.5 Å². The van der Waals surface area contributed by atoms with Gasteiger partial charge in [-0.2, -0.15) is 0 Å². The van der Waals surface area contributed by atoms with Crippen LogP contribution in [0.2, 0.25) is 0 Å². The van der Waals surface area contributed by atoms with E-state index in [2.05, 4.69) is 4.74 Å². The van der Waals surface area contributed by atoms with E-state index in [4.69, 9.17) is 5.73 Å². The Morgan fingerprint density at radius 2 is 1.63 bits per heavy atom. The van der Waals surface area contributed by atoms with Crippen molar-refractivity contribution >= 4 is 5.69 Å². The van der Waals surface area contributed by atoms with Crippen molar-refractivity contribution < 1.29 is 23.0 Å². The van der Waals surface area contributed by atoms with Crippen molar-refractivity contribution in [3.05, 3.63) is 42.5 Å². The molecular formula is C13H10F3NO2. The molecule has 2 rings (SSSR count). The Labute approximate surface area is 107 Å². The first-order valence-corrected chi connectivity index (χ1v) is 5.30. The summed E-state index contributed by atoms with van der Waals surface area (Å²) in [5.74, 6) is -0.271. The molecule has 100 valence electrons. The number of alkyl halides is 3. The van der Waals surface area contributed by atoms with Crippen LogP contribution >= 0.6 is 0 Å². The van der Waals surface area contributed by atoms with Gasteiger partial charge in [-0.3, -0.25) is 0 Å². The molecule has 3 N–H and O–H groups in total. The molecule has 0 heterocycles. The lowest BCUT2D eigenvalue weighted by Gasteiger charge is -2.10. The summed E-state index contributed by atoms with van der Waals surface area (Å²) in [5, 5.41) is 9.23. The molecule has 0 fully saturated rings. The fraction of sp³-hybridized carbons (Fsp3) is 0.0769. The molecule has 0 aliphatic carbocycles. The minimum absolute atomic E-state index is 0.0262. The van der Waals surface area contributed by atoms with Gasteiger partial charge in [-0.05, 0) is 29.8 Å². The number of phenolic OH excluding ortho intramolecular Hbond substituents is 1. The lowest BCUT2D eigenvalue weighted by molar-refractivity contribution is -0.274. The Hall–Kier alpha value is -2.37. The second kappa shape index (κ2) is 4.72. The molecule has 0 unspecified atom stereocenters. The molecule has 0 saturated carbocycles. The highest BCUT2D eigenvalue weighted by Gasteiger charge is 2.30. The molecule has 19 heavy (non-hydrogen) atoms. The maximum Gasteiger partial charge on any atom is 0.573 e. The van der Waals surface area contributed by atoms with Crippen molar-refractivity contribution in [3.8, 4) is 22.6 Å². The Bertz CT molecular complexity index is 579. The highest BCUT2D eigenvalue weighted by molar-refractivity contribution is 5.77. The third-order valence-electron chi connectivity index (χ3n) is 2.43. The summed E-state index contributed by atoms with van der Waals surface area (Å²) < 4.78 is 39.8. The maximum atomic E-state index is 12.0. The van der Waals surface area contributed by atoms with E-state index in [-0.39, 0.29) is 11.5 Å². The normalized spacial score (nSPS) is 11.3. The van der Waals surface area contributed by atoms with Crippen LogP contribution in [-0.2, 0) is 0 Å². The molecule has 0 aliphatic heterocycles. The third kappa shape index (κ3) is 3.31. The quantitative estimate of drug-likeness (QED) is 0.820. The van der Waals surface area contributed by atoms with E-state index in [9.17, 15) is 18.3 Å². The Morgan fingerprint density at radius 1 is 1.00 bits per heavy atom. The van der Waals surface area contributed by atoms with E-state index < -0.39 is 6.36 Å². The lowest BCUT2D eigenvalue weighted by Crippen LogP contribution is -2.16. The molecule has 2 aromatic carbocycles. The number of anilines is 1. The van der Waals surface area contributed by atoms with Gasteiger partial charge in [0, 0.05) is 17.3 Å². The van der Waals surface area contributed by atoms with E-state index in [1.54, 1.807) is 6.07 Å². The van der Waals surface area contributed by atoms with Gasteiger partial charge in [0.05, 0.1) is 0 Å². The SMILES string of the molecule is Nc1cc(O)ccc1-c1ccc(OC(F)(F)F)cc1. The number of ether oxygens (including phenoxy) is 1. The van der Waals surface area contributed by atoms with Gasteiger partial charge in [-0.15, -0.1) is 13.2 Å². The highest BCUT2D eigenvalue weighted by atomic mass is 19.4. The first-order valence-electron chi connectivity index (χ1n) is 5.30. The van der Waals surface area contributed by atoms with Crippen LogP contribution in [0.5, 0.6) is 11.5 Å². The van der Waals surface area contributed by atoms with Crippen LogP contribution in [0.3, 0.4) is 0 Å². The number of aromatic hydroxyl groups is 1. The van der Waals surface area contributed by atoms with Crippen LogP contribution in [0.4, 0.5) is 18.9 Å². The van der Waals surface area contributed by atoms with Gasteiger partial charge < -0.3 is 15.6 Å². The molecular weight excluding hydrogens is 259 g/mol. The zero-order valence-electron chi connectivity index (χ0n) is 9.61. The predicted molar refractivity (Wildman–Crippen MR) is 64.6 cm³/mol. The van der Waals surface area contributed by atoms with Gasteiger partial charge in [0.2, 0.25) is 0 Å². The Balaban J connectivity index is 2.27. The number of rotatable bonds is 2. The topological polar surface area (TPSA) is 55.5 Å². The van der Waals surface area contributed by atoms with Crippen molar-refractivity contribution in [2.24, 2.45) is 0 Å². The van der Waals surface area contributed by atoms with E-state index >= 15 is 0 Å². The molecule has 0 amide bonds. The van der Waals surface area contributed by atoms with E-state index in [1.165, 1.54) is 36.4 Å². The van der Waals surface area contributed by atoms with Crippen LogP contribution in [0.1, 0.15) is 0 Å². The van der Waals surface area contributed by atoms with Crippen molar-refractivity contribution in [2.45, 2.75) is 6.36 Å². The smallest absolute Gasteiger partial charge is 0.508 e. The van der Waals surface area contributed by atoms with Crippen molar-refractivity contribution in [1.29, 1.82) is 0 Å². The molecule has 0 radical (unpaired) electrons. The van der Waals surface area contributed by atoms with Gasteiger partial charge in [-0.1, -0.05) is 12.1 Å². The molecule has 0 bridgehead atoms. The number of hydrogen-bond acceptors (Lipinski definition) is 3. The van der Waals surface area contributed by atoms with Crippen LogP contribution in [0.25, 0.3) is 11.1 Å². The van der Waals surface area contributed by atoms with Gasteiger partial charge >= 0.3 is 6.36 Å². The summed E-state index contributed by atoms with van der Waals surface area (Å²) in [6.07, 6.45) is -4.71. The van der Waals surface area contributed by atoms with Gasteiger partial charge in [0.1, 0.15) is 11.5 Å². The number of hydrogen-bond donors (Lipinski definition) is 2. The minimum Gasteiger partial charge on any atom is -0.508 e. The first-order chi connectivity index (χ1) is 8.85. The van der Waals surface area contributed by atoms with Crippen molar-refractivity contribution in [3.63, 3.8) is 0 Å². The summed E-state index contributed by atoms with van der Waals surface area (Å²) in [7, 11) is 0. The molecule has 0 aromatic heterocycles. The number of nitrogens with two attached hydrogens (primary N) is 1. The molecule has 0 saturated heterocycles. The Kier molecular flexibility index (Phi) is 3.25. The number of phenols is 1. The highest BCUT2D eigenvalue weighted by Crippen LogP contribution is 2.31. The van der Waals surface area contributed by atoms with Crippen molar-refractivity contribution in [2.75, 3.05) is 5.73 Å². The molecule has 0 spiro atoms. The monoisotopic (exact) mass is 269 g/mol. The van der Waals surface area contributed by atoms with Gasteiger partial charge in [0.25, 0.3) is 0 Å². The first kappa shape index (κ1) is 13.1. The molecule has 3 nitrogen and oxygen atoms in total. The summed E-state index contributed by atoms with van der Waals surface area (Å²) >= 11 is 0. The standard InChI is InChI=1S/C13H10F3NO2/c14-13(15,16)19-10-4-1-8(2-5-10)11-6-3-9(18)7-12(11)17/h1-7,18H,17H2. The van der Waals surface area contributed by atoms with E-state index in [1.807, 2.05) is 0 Å². The van der Waals surface area contributed by atoms with Crippen LogP contribution in [0, 0.1) is 0 Å². The largest absolute Gasteiger partial charge is 0.573 e. The van der Waals surface area contributed by atoms with E-state index in [0.29, 0.717) is 16.8 Å². The maximum absolute atomic E-state index is 12.0. The summed E-state index contributed by atoms with van der Waals surface area (Å²) in [6.45, 7) is 0. The van der Waals surface area contributed by atoms with Gasteiger partial charge in [0.15, 0.2) is 0 Å². The van der Waals surface area contributed by atoms with Crippen molar-refractivity contribution in [1.82, 2.24) is 0 Å². The third-order valence-corrected chi connectivity index (χ3v) is 2.43. The fourth-order valence-electron chi connectivity index (χ4n) is 1.65. The molecule has 0 aliphatic rings. The number of halogens is 3. The van der Waals surface area contributed by atoms with Gasteiger partial charge in [-0.25, -0.2) is 0 Å². The second-order valence-electron chi connectivity index (χ2n) is 3.84. The summed E-state index contributed by atoms with van der Waals surface area (Å²) in [6, 6.07) is 9.74. The average Bonchev–Trinajstić information content (AvgIpc) is 2.28. The minimum atomic E-state index is -4.71. The summed E-state index contributed by atoms with van der Waals surface area (Å²) in [4.78, 5) is 0. The predicted octanol–water partition coefficient (Wildman–Crippen LogP) is 3.54. The zero-order valence-corrected chi connectivity index (χ0v) is 9.61.